The van der Waals surface area contributed by atoms with E-state index in [1.807, 2.05) is 0 Å². The Bertz CT molecular complexity index is 227. The summed E-state index contributed by atoms with van der Waals surface area (Å²) in [6, 6.07) is 0. The van der Waals surface area contributed by atoms with E-state index in [0.29, 0.717) is 11.7 Å². The zero-order valence-electron chi connectivity index (χ0n) is 13.5. The molecule has 0 saturated heterocycles. The summed E-state index contributed by atoms with van der Waals surface area (Å²) in [5.74, 6) is 0.903. The molecule has 0 radical (unpaired) electrons. The Balaban J connectivity index is 0. The van der Waals surface area contributed by atoms with Crippen molar-refractivity contribution in [1.82, 2.24) is 0 Å². The van der Waals surface area contributed by atoms with Crippen LogP contribution in [0, 0.1) is 11.8 Å². The quantitative estimate of drug-likeness (QED) is 0.546. The van der Waals surface area contributed by atoms with Crippen LogP contribution in [-0.2, 0) is 4.79 Å². The average molecular weight is 326 g/mol. The van der Waals surface area contributed by atoms with Crippen LogP contribution in [0.2, 0.25) is 0 Å². The number of hydrogen-bond acceptors (Lipinski definition) is 1. The van der Waals surface area contributed by atoms with Crippen LogP contribution in [0.5, 0.6) is 0 Å². The van der Waals surface area contributed by atoms with Gasteiger partial charge >= 0.3 is 0 Å². The summed E-state index contributed by atoms with van der Waals surface area (Å²) in [7, 11) is 0. The molecule has 2 atom stereocenters. The Morgan fingerprint density at radius 2 is 1.80 bits per heavy atom. The molecule has 1 rings (SSSR count). The standard InChI is InChI=1S/C11H19ClO.C5H13N.ClH/c1-3-8(2)10(12)11(13)9-6-4-5-7-9;1-2-3-4-5-6;/h8-10H,3-7H2,1-2H3;2-6H2,1H3;1H. The van der Waals surface area contributed by atoms with Crippen molar-refractivity contribution >= 4 is 17.4 Å². The maximum atomic E-state index is 11.8. The molecule has 20 heavy (non-hydrogen) atoms. The lowest BCUT2D eigenvalue weighted by Crippen LogP contribution is -3.00. The van der Waals surface area contributed by atoms with Gasteiger partial charge in [-0.3, -0.25) is 4.79 Å². The highest BCUT2D eigenvalue weighted by molar-refractivity contribution is 6.31. The first-order valence-corrected chi connectivity index (χ1v) is 8.49. The van der Waals surface area contributed by atoms with Crippen molar-refractivity contribution in [2.75, 3.05) is 6.54 Å². The fourth-order valence-electron chi connectivity index (χ4n) is 2.35. The fourth-order valence-corrected chi connectivity index (χ4v) is 2.71. The molecule has 2 nitrogen and oxygen atoms in total. The predicted molar refractivity (Wildman–Crippen MR) is 83.3 cm³/mol. The van der Waals surface area contributed by atoms with E-state index in [0.717, 1.165) is 25.8 Å². The van der Waals surface area contributed by atoms with E-state index in [4.69, 9.17) is 11.6 Å². The first-order chi connectivity index (χ1) is 9.08. The van der Waals surface area contributed by atoms with Crippen molar-refractivity contribution in [3.63, 3.8) is 0 Å². The molecular weight excluding hydrogens is 293 g/mol. The normalized spacial score (nSPS) is 17.6. The molecule has 122 valence electrons. The van der Waals surface area contributed by atoms with Gasteiger partial charge < -0.3 is 18.1 Å². The van der Waals surface area contributed by atoms with Crippen molar-refractivity contribution in [2.45, 2.75) is 77.5 Å². The maximum absolute atomic E-state index is 11.8. The molecule has 4 heteroatoms. The minimum absolute atomic E-state index is 0. The Morgan fingerprint density at radius 1 is 1.25 bits per heavy atom. The van der Waals surface area contributed by atoms with Gasteiger partial charge in [0.05, 0.1) is 11.9 Å². The van der Waals surface area contributed by atoms with Gasteiger partial charge in [-0.05, 0) is 31.6 Å². The molecule has 3 N–H and O–H groups in total. The largest absolute Gasteiger partial charge is 1.00 e. The topological polar surface area (TPSA) is 44.7 Å². The number of carbonyl (C=O) groups excluding carboxylic acids is 1. The number of alkyl halides is 1. The molecule has 1 fully saturated rings. The number of carbonyl (C=O) groups is 1. The number of unbranched alkanes of at least 4 members (excludes halogenated alkanes) is 2. The molecule has 0 aromatic rings. The SMILES string of the molecule is CCC(C)C(Cl)C(=O)C1CCCC1.CCCCC[NH3+].[Cl-]. The molecule has 1 aliphatic carbocycles. The van der Waals surface area contributed by atoms with Gasteiger partial charge in [0.15, 0.2) is 5.78 Å². The lowest BCUT2D eigenvalue weighted by molar-refractivity contribution is -0.368. The van der Waals surface area contributed by atoms with Gasteiger partial charge in [0, 0.05) is 5.92 Å². The van der Waals surface area contributed by atoms with Crippen LogP contribution in [-0.4, -0.2) is 17.7 Å². The summed E-state index contributed by atoms with van der Waals surface area (Å²) in [6.45, 7) is 7.45. The van der Waals surface area contributed by atoms with E-state index in [-0.39, 0.29) is 23.7 Å². The Hall–Kier alpha value is 0.210. The van der Waals surface area contributed by atoms with Gasteiger partial charge in [-0.2, -0.15) is 0 Å². The molecule has 1 saturated carbocycles. The number of Topliss-reactive ketones (excluding diaryl/α,β-unsaturated/α-hetero) is 1. The molecule has 0 bridgehead atoms. The van der Waals surface area contributed by atoms with Crippen LogP contribution in [0.1, 0.15) is 72.1 Å². The predicted octanol–water partition coefficient (Wildman–Crippen LogP) is 0.822. The van der Waals surface area contributed by atoms with Gasteiger partial charge in [0.2, 0.25) is 0 Å². The average Bonchev–Trinajstić information content (AvgIpc) is 2.97. The van der Waals surface area contributed by atoms with Gasteiger partial charge in [-0.25, -0.2) is 0 Å². The Morgan fingerprint density at radius 3 is 2.15 bits per heavy atom. The summed E-state index contributed by atoms with van der Waals surface area (Å²) >= 11 is 6.11. The van der Waals surface area contributed by atoms with Gasteiger partial charge in [-0.1, -0.05) is 46.5 Å². The summed E-state index contributed by atoms with van der Waals surface area (Å²) in [6.07, 6.45) is 9.51. The first kappa shape index (κ1) is 22.5. The summed E-state index contributed by atoms with van der Waals surface area (Å²) in [4.78, 5) is 11.8. The second kappa shape index (κ2) is 14.2. The van der Waals surface area contributed by atoms with E-state index in [1.54, 1.807) is 0 Å². The molecule has 0 aromatic heterocycles. The van der Waals surface area contributed by atoms with Crippen LogP contribution in [0.3, 0.4) is 0 Å². The number of quaternary nitrogens is 1. The second-order valence-corrected chi connectivity index (χ2v) is 6.20. The third-order valence-corrected chi connectivity index (χ3v) is 4.67. The highest BCUT2D eigenvalue weighted by atomic mass is 35.5. The minimum atomic E-state index is -0.243. The Labute approximate surface area is 136 Å². The zero-order chi connectivity index (χ0) is 14.7. The number of rotatable bonds is 7. The summed E-state index contributed by atoms with van der Waals surface area (Å²) in [5, 5.41) is -0.243. The molecular formula is C16H33Cl2NO. The molecule has 0 heterocycles. The van der Waals surface area contributed by atoms with Crippen molar-refractivity contribution in [3.05, 3.63) is 0 Å². The first-order valence-electron chi connectivity index (χ1n) is 8.05. The second-order valence-electron chi connectivity index (χ2n) is 5.73. The number of halogens is 2. The molecule has 0 aromatic carbocycles. The molecule has 1 aliphatic rings. The van der Waals surface area contributed by atoms with E-state index >= 15 is 0 Å². The molecule has 0 amide bonds. The van der Waals surface area contributed by atoms with Crippen LogP contribution in [0.15, 0.2) is 0 Å². The third-order valence-electron chi connectivity index (χ3n) is 4.03. The zero-order valence-corrected chi connectivity index (χ0v) is 15.0. The highest BCUT2D eigenvalue weighted by Gasteiger charge is 2.30. The van der Waals surface area contributed by atoms with Crippen molar-refractivity contribution in [2.24, 2.45) is 11.8 Å². The molecule has 2 unspecified atom stereocenters. The monoisotopic (exact) mass is 325 g/mol. The number of ketones is 1. The smallest absolute Gasteiger partial charge is 0.154 e. The summed E-state index contributed by atoms with van der Waals surface area (Å²) in [5.41, 5.74) is 3.72. The van der Waals surface area contributed by atoms with Crippen molar-refractivity contribution in [3.8, 4) is 0 Å². The molecule has 0 spiro atoms. The maximum Gasteiger partial charge on any atom is 0.154 e. The highest BCUT2D eigenvalue weighted by Crippen LogP contribution is 2.29. The fraction of sp³-hybridized carbons (Fsp3) is 0.938. The van der Waals surface area contributed by atoms with Crippen molar-refractivity contribution < 1.29 is 22.9 Å². The third kappa shape index (κ3) is 9.20. The lowest BCUT2D eigenvalue weighted by atomic mass is 9.92. The summed E-state index contributed by atoms with van der Waals surface area (Å²) < 4.78 is 0. The van der Waals surface area contributed by atoms with E-state index in [1.165, 1.54) is 32.1 Å². The van der Waals surface area contributed by atoms with Crippen LogP contribution < -0.4 is 18.1 Å². The van der Waals surface area contributed by atoms with Gasteiger partial charge in [0.1, 0.15) is 0 Å². The van der Waals surface area contributed by atoms with E-state index in [2.05, 4.69) is 26.5 Å². The van der Waals surface area contributed by atoms with Crippen LogP contribution in [0.25, 0.3) is 0 Å². The van der Waals surface area contributed by atoms with Gasteiger partial charge in [0.25, 0.3) is 0 Å². The number of hydrogen-bond donors (Lipinski definition) is 1. The van der Waals surface area contributed by atoms with Crippen molar-refractivity contribution in [1.29, 1.82) is 0 Å². The Kier molecular flexibility index (Phi) is 15.9. The molecule has 0 aliphatic heterocycles. The lowest BCUT2D eigenvalue weighted by Gasteiger charge is -2.18. The minimum Gasteiger partial charge on any atom is -1.00 e. The van der Waals surface area contributed by atoms with Gasteiger partial charge in [-0.15, -0.1) is 11.6 Å². The van der Waals surface area contributed by atoms with Crippen LogP contribution >= 0.6 is 11.6 Å². The van der Waals surface area contributed by atoms with Crippen LogP contribution in [0.4, 0.5) is 0 Å². The van der Waals surface area contributed by atoms with E-state index in [9.17, 15) is 4.79 Å². The van der Waals surface area contributed by atoms with E-state index < -0.39 is 0 Å².